The first-order valence-electron chi connectivity index (χ1n) is 6.15. The van der Waals surface area contributed by atoms with E-state index in [1.54, 1.807) is 0 Å². The van der Waals surface area contributed by atoms with E-state index in [1.165, 1.54) is 0 Å². The lowest BCUT2D eigenvalue weighted by atomic mass is 9.88. The average molecular weight is 226 g/mol. The molecule has 2 aliphatic rings. The minimum Gasteiger partial charge on any atom is -0.295 e. The molecule has 0 aliphatic heterocycles. The Morgan fingerprint density at radius 2 is 1.47 bits per heavy atom. The molecule has 0 aromatic heterocycles. The summed E-state index contributed by atoms with van der Waals surface area (Å²) in [5.74, 6) is 0.400. The average Bonchev–Trinajstić information content (AvgIpc) is 2.68. The Balaban J connectivity index is 2.15. The van der Waals surface area contributed by atoms with Crippen molar-refractivity contribution in [2.75, 3.05) is 0 Å². The molecule has 1 fully saturated rings. The SMILES string of the molecule is O=C1CCCC/C1=C1\CC(=O)c2ccccc21. The highest BCUT2D eigenvalue weighted by Gasteiger charge is 2.29. The number of hydrogen-bond acceptors (Lipinski definition) is 2. The van der Waals surface area contributed by atoms with Crippen LogP contribution < -0.4 is 0 Å². The molecule has 0 atom stereocenters. The zero-order valence-corrected chi connectivity index (χ0v) is 9.66. The third kappa shape index (κ3) is 1.64. The van der Waals surface area contributed by atoms with Gasteiger partial charge >= 0.3 is 0 Å². The summed E-state index contributed by atoms with van der Waals surface area (Å²) in [6.45, 7) is 0. The normalized spacial score (nSPS) is 24.0. The lowest BCUT2D eigenvalue weighted by Gasteiger charge is -2.15. The van der Waals surface area contributed by atoms with Gasteiger partial charge in [0.2, 0.25) is 0 Å². The van der Waals surface area contributed by atoms with Crippen LogP contribution in [0.25, 0.3) is 5.57 Å². The van der Waals surface area contributed by atoms with Gasteiger partial charge in [-0.3, -0.25) is 9.59 Å². The molecule has 0 unspecified atom stereocenters. The zero-order chi connectivity index (χ0) is 11.8. The Bertz CT molecular complexity index is 538. The van der Waals surface area contributed by atoms with Gasteiger partial charge in [0, 0.05) is 18.4 Å². The van der Waals surface area contributed by atoms with E-state index < -0.39 is 0 Å². The van der Waals surface area contributed by atoms with Gasteiger partial charge in [0.25, 0.3) is 0 Å². The maximum absolute atomic E-state index is 11.9. The Morgan fingerprint density at radius 3 is 2.24 bits per heavy atom. The zero-order valence-electron chi connectivity index (χ0n) is 9.66. The van der Waals surface area contributed by atoms with Crippen LogP contribution in [0, 0.1) is 0 Å². The second-order valence-corrected chi connectivity index (χ2v) is 4.73. The van der Waals surface area contributed by atoms with Crippen molar-refractivity contribution in [2.45, 2.75) is 32.1 Å². The fraction of sp³-hybridized carbons (Fsp3) is 0.333. The van der Waals surface area contributed by atoms with Crippen molar-refractivity contribution >= 4 is 17.1 Å². The van der Waals surface area contributed by atoms with Crippen LogP contribution in [0.1, 0.15) is 48.0 Å². The number of hydrogen-bond donors (Lipinski definition) is 0. The molecule has 0 saturated heterocycles. The topological polar surface area (TPSA) is 34.1 Å². The first kappa shape index (κ1) is 10.5. The molecule has 2 nitrogen and oxygen atoms in total. The van der Waals surface area contributed by atoms with Gasteiger partial charge < -0.3 is 0 Å². The molecule has 2 heteroatoms. The van der Waals surface area contributed by atoms with E-state index in [2.05, 4.69) is 0 Å². The Kier molecular flexibility index (Phi) is 2.43. The van der Waals surface area contributed by atoms with Gasteiger partial charge in [-0.1, -0.05) is 24.3 Å². The molecule has 0 N–H and O–H groups in total. The van der Waals surface area contributed by atoms with Crippen LogP contribution >= 0.6 is 0 Å². The van der Waals surface area contributed by atoms with Crippen molar-refractivity contribution in [2.24, 2.45) is 0 Å². The lowest BCUT2D eigenvalue weighted by Crippen LogP contribution is -2.10. The first-order valence-corrected chi connectivity index (χ1v) is 6.15. The first-order chi connectivity index (χ1) is 8.27. The summed E-state index contributed by atoms with van der Waals surface area (Å²) in [6.07, 6.45) is 3.97. The van der Waals surface area contributed by atoms with E-state index in [0.29, 0.717) is 12.8 Å². The summed E-state index contributed by atoms with van der Waals surface area (Å²) in [4.78, 5) is 23.8. The summed E-state index contributed by atoms with van der Waals surface area (Å²) in [7, 11) is 0. The van der Waals surface area contributed by atoms with Crippen molar-refractivity contribution < 1.29 is 9.59 Å². The van der Waals surface area contributed by atoms with E-state index in [0.717, 1.165) is 41.5 Å². The standard InChI is InChI=1S/C15H14O2/c16-14-8-4-3-7-12(14)13-9-15(17)11-6-2-1-5-10(11)13/h1-2,5-6H,3-4,7-9H2/b13-12-. The number of rotatable bonds is 0. The van der Waals surface area contributed by atoms with Crippen LogP contribution in [0.4, 0.5) is 0 Å². The van der Waals surface area contributed by atoms with Gasteiger partial charge in [0.1, 0.15) is 0 Å². The summed E-state index contributed by atoms with van der Waals surface area (Å²) >= 11 is 0. The minimum atomic E-state index is 0.154. The molecule has 2 aliphatic carbocycles. The molecular weight excluding hydrogens is 212 g/mol. The van der Waals surface area contributed by atoms with Gasteiger partial charge in [-0.05, 0) is 36.0 Å². The van der Waals surface area contributed by atoms with Crippen LogP contribution in [-0.4, -0.2) is 11.6 Å². The fourth-order valence-electron chi connectivity index (χ4n) is 2.81. The summed E-state index contributed by atoms with van der Waals surface area (Å²) in [5, 5.41) is 0. The second kappa shape index (κ2) is 3.95. The lowest BCUT2D eigenvalue weighted by molar-refractivity contribution is -0.116. The van der Waals surface area contributed by atoms with Crippen molar-refractivity contribution in [1.82, 2.24) is 0 Å². The van der Waals surface area contributed by atoms with E-state index in [-0.39, 0.29) is 11.6 Å². The molecule has 17 heavy (non-hydrogen) atoms. The second-order valence-electron chi connectivity index (χ2n) is 4.73. The quantitative estimate of drug-likeness (QED) is 0.637. The van der Waals surface area contributed by atoms with Gasteiger partial charge in [-0.15, -0.1) is 0 Å². The molecule has 1 aromatic rings. The van der Waals surface area contributed by atoms with Crippen molar-refractivity contribution in [3.8, 4) is 0 Å². The predicted octanol–water partition coefficient (Wildman–Crippen LogP) is 3.17. The molecule has 0 bridgehead atoms. The smallest absolute Gasteiger partial charge is 0.167 e. The van der Waals surface area contributed by atoms with Gasteiger partial charge in [0.05, 0.1) is 0 Å². The third-order valence-corrected chi connectivity index (χ3v) is 3.67. The van der Waals surface area contributed by atoms with E-state index in [1.807, 2.05) is 24.3 Å². The molecule has 1 saturated carbocycles. The van der Waals surface area contributed by atoms with Crippen LogP contribution in [0.15, 0.2) is 29.8 Å². The Morgan fingerprint density at radius 1 is 0.765 bits per heavy atom. The molecule has 3 rings (SSSR count). The minimum absolute atomic E-state index is 0.154. The predicted molar refractivity (Wildman–Crippen MR) is 65.8 cm³/mol. The molecule has 86 valence electrons. The Hall–Kier alpha value is -1.70. The van der Waals surface area contributed by atoms with E-state index >= 15 is 0 Å². The van der Waals surface area contributed by atoms with Crippen molar-refractivity contribution in [3.63, 3.8) is 0 Å². The summed E-state index contributed by atoms with van der Waals surface area (Å²) < 4.78 is 0. The van der Waals surface area contributed by atoms with Crippen LogP contribution in [-0.2, 0) is 4.79 Å². The monoisotopic (exact) mass is 226 g/mol. The largest absolute Gasteiger partial charge is 0.295 e. The number of Topliss-reactive ketones (excluding diaryl/α,β-unsaturated/α-hetero) is 2. The number of benzene rings is 1. The molecule has 0 amide bonds. The third-order valence-electron chi connectivity index (χ3n) is 3.67. The van der Waals surface area contributed by atoms with Crippen LogP contribution in [0.3, 0.4) is 0 Å². The summed E-state index contributed by atoms with van der Waals surface area (Å²) in [5.41, 5.74) is 3.68. The molecule has 0 radical (unpaired) electrons. The highest BCUT2D eigenvalue weighted by Crippen LogP contribution is 2.37. The molecule has 0 spiro atoms. The number of carbonyl (C=O) groups is 2. The number of allylic oxidation sites excluding steroid dienone is 2. The van der Waals surface area contributed by atoms with E-state index in [9.17, 15) is 9.59 Å². The van der Waals surface area contributed by atoms with Crippen molar-refractivity contribution in [3.05, 3.63) is 41.0 Å². The van der Waals surface area contributed by atoms with Crippen LogP contribution in [0.2, 0.25) is 0 Å². The van der Waals surface area contributed by atoms with Crippen molar-refractivity contribution in [1.29, 1.82) is 0 Å². The molecule has 0 heterocycles. The van der Waals surface area contributed by atoms with Gasteiger partial charge in [0.15, 0.2) is 11.6 Å². The summed E-state index contributed by atoms with van der Waals surface area (Å²) in [6, 6.07) is 7.64. The van der Waals surface area contributed by atoms with Gasteiger partial charge in [-0.25, -0.2) is 0 Å². The number of carbonyl (C=O) groups excluding carboxylic acids is 2. The fourth-order valence-corrected chi connectivity index (χ4v) is 2.81. The maximum Gasteiger partial charge on any atom is 0.167 e. The highest BCUT2D eigenvalue weighted by molar-refractivity contribution is 6.16. The van der Waals surface area contributed by atoms with Gasteiger partial charge in [-0.2, -0.15) is 0 Å². The number of ketones is 2. The molecular formula is C15H14O2. The molecule has 1 aromatic carbocycles. The number of fused-ring (bicyclic) bond motifs is 1. The van der Waals surface area contributed by atoms with E-state index in [4.69, 9.17) is 0 Å². The highest BCUT2D eigenvalue weighted by atomic mass is 16.1. The maximum atomic E-state index is 11.9. The van der Waals surface area contributed by atoms with Crippen LogP contribution in [0.5, 0.6) is 0 Å². The Labute approximate surface area is 100 Å².